The Morgan fingerprint density at radius 3 is 1.24 bits per heavy atom. The van der Waals surface area contributed by atoms with Gasteiger partial charge in [0.2, 0.25) is 0 Å². The van der Waals surface area contributed by atoms with Gasteiger partial charge in [0.15, 0.2) is 0 Å². The number of para-hydroxylation sites is 6. The molecule has 14 rings (SSSR count). The third-order valence-corrected chi connectivity index (χ3v) is 15.1. The highest BCUT2D eigenvalue weighted by Gasteiger charge is 2.38. The minimum absolute atomic E-state index is 0.281. The van der Waals surface area contributed by atoms with Crippen molar-refractivity contribution in [2.24, 2.45) is 0 Å². The predicted octanol–water partition coefficient (Wildman–Crippen LogP) is 18.4. The van der Waals surface area contributed by atoms with Crippen molar-refractivity contribution in [2.45, 2.75) is 19.3 Å². The van der Waals surface area contributed by atoms with Gasteiger partial charge in [0.1, 0.15) is 0 Å². The second-order valence-electron chi connectivity index (χ2n) is 19.6. The van der Waals surface area contributed by atoms with E-state index in [0.29, 0.717) is 0 Å². The molecule has 0 bridgehead atoms. The van der Waals surface area contributed by atoms with Crippen LogP contribution in [0.1, 0.15) is 25.0 Å². The first-order valence-corrected chi connectivity index (χ1v) is 25.3. The maximum absolute atomic E-state index is 5.16. The molecule has 0 N–H and O–H groups in total. The fourth-order valence-corrected chi connectivity index (χ4v) is 11.7. The number of rotatable bonds is 9. The Morgan fingerprint density at radius 1 is 0.297 bits per heavy atom. The highest BCUT2D eigenvalue weighted by atomic mass is 15.2. The zero-order chi connectivity index (χ0) is 49.3. The SMILES string of the molecule is CC1(C)c2ccccc2-c2cc3c(N(c4ccccc4)c4cccc5cccnc45)c4cc(N(c5ccccc5)c5cccc6cccnc56)ccc4c(N(c4ccccc4)c4cccc5cccnc45)c3cc21. The van der Waals surface area contributed by atoms with Gasteiger partial charge in [-0.3, -0.25) is 15.0 Å². The lowest BCUT2D eigenvalue weighted by molar-refractivity contribution is 0.661. The third kappa shape index (κ3) is 6.83. The monoisotopic (exact) mass is 948 g/mol. The molecule has 6 heteroatoms. The molecule has 0 radical (unpaired) electrons. The van der Waals surface area contributed by atoms with E-state index >= 15 is 0 Å². The molecule has 350 valence electrons. The molecule has 0 saturated heterocycles. The van der Waals surface area contributed by atoms with Crippen LogP contribution in [0.4, 0.5) is 51.2 Å². The van der Waals surface area contributed by atoms with Crippen LogP contribution in [0.2, 0.25) is 0 Å². The molecule has 0 amide bonds. The number of anilines is 9. The van der Waals surface area contributed by atoms with Crippen molar-refractivity contribution in [3.8, 4) is 11.1 Å². The van der Waals surface area contributed by atoms with Gasteiger partial charge in [-0.2, -0.15) is 0 Å². The topological polar surface area (TPSA) is 48.4 Å². The molecule has 10 aromatic carbocycles. The van der Waals surface area contributed by atoms with Crippen LogP contribution in [0.5, 0.6) is 0 Å². The molecule has 6 nitrogen and oxygen atoms in total. The normalized spacial score (nSPS) is 12.6. The molecule has 13 aromatic rings. The fraction of sp³-hybridized carbons (Fsp3) is 0.0441. The van der Waals surface area contributed by atoms with E-state index in [1.165, 1.54) is 22.3 Å². The van der Waals surface area contributed by atoms with Gasteiger partial charge < -0.3 is 14.7 Å². The van der Waals surface area contributed by atoms with Crippen LogP contribution >= 0.6 is 0 Å². The molecule has 1 aliphatic rings. The summed E-state index contributed by atoms with van der Waals surface area (Å²) >= 11 is 0. The largest absolute Gasteiger partial charge is 0.308 e. The van der Waals surface area contributed by atoms with Crippen molar-refractivity contribution in [3.63, 3.8) is 0 Å². The summed E-state index contributed by atoms with van der Waals surface area (Å²) in [6.45, 7) is 4.75. The molecular weight excluding hydrogens is 901 g/mol. The fourth-order valence-electron chi connectivity index (χ4n) is 11.7. The summed E-state index contributed by atoms with van der Waals surface area (Å²) in [5, 5.41) is 7.53. The summed E-state index contributed by atoms with van der Waals surface area (Å²) in [7, 11) is 0. The molecule has 0 unspecified atom stereocenters. The van der Waals surface area contributed by atoms with Gasteiger partial charge in [-0.15, -0.1) is 0 Å². The summed E-state index contributed by atoms with van der Waals surface area (Å²) in [5.74, 6) is 0. The van der Waals surface area contributed by atoms with Gasteiger partial charge in [0.25, 0.3) is 0 Å². The van der Waals surface area contributed by atoms with E-state index in [4.69, 9.17) is 15.0 Å². The maximum atomic E-state index is 5.16. The summed E-state index contributed by atoms with van der Waals surface area (Å²) in [6, 6.07) is 85.3. The molecule has 0 spiro atoms. The molecular formula is C68H48N6. The van der Waals surface area contributed by atoms with Crippen LogP contribution in [0.25, 0.3) is 65.4 Å². The lowest BCUT2D eigenvalue weighted by atomic mass is 9.81. The smallest absolute Gasteiger partial charge is 0.0942 e. The van der Waals surface area contributed by atoms with E-state index in [-0.39, 0.29) is 5.41 Å². The second kappa shape index (κ2) is 17.3. The predicted molar refractivity (Wildman–Crippen MR) is 309 cm³/mol. The van der Waals surface area contributed by atoms with Crippen LogP contribution in [0.15, 0.2) is 255 Å². The average molecular weight is 949 g/mol. The second-order valence-corrected chi connectivity index (χ2v) is 19.6. The van der Waals surface area contributed by atoms with Gasteiger partial charge in [-0.1, -0.05) is 153 Å². The Bertz CT molecular complexity index is 4290. The zero-order valence-corrected chi connectivity index (χ0v) is 40.9. The van der Waals surface area contributed by atoms with Crippen molar-refractivity contribution in [2.75, 3.05) is 14.7 Å². The number of hydrogen-bond acceptors (Lipinski definition) is 6. The van der Waals surface area contributed by atoms with Gasteiger partial charge in [0.05, 0.1) is 45.0 Å². The third-order valence-electron chi connectivity index (χ3n) is 15.1. The Hall–Kier alpha value is -9.65. The van der Waals surface area contributed by atoms with Crippen LogP contribution in [-0.2, 0) is 5.41 Å². The lowest BCUT2D eigenvalue weighted by Gasteiger charge is -2.34. The molecule has 3 heterocycles. The van der Waals surface area contributed by atoms with E-state index in [0.717, 1.165) is 105 Å². The van der Waals surface area contributed by atoms with Crippen LogP contribution in [0.3, 0.4) is 0 Å². The molecule has 0 fully saturated rings. The number of pyridine rings is 3. The molecule has 0 atom stereocenters. The van der Waals surface area contributed by atoms with Crippen LogP contribution < -0.4 is 14.7 Å². The summed E-state index contributed by atoms with van der Waals surface area (Å²) in [6.07, 6.45) is 5.70. The number of hydrogen-bond donors (Lipinski definition) is 0. The quantitative estimate of drug-likeness (QED) is 0.106. The maximum Gasteiger partial charge on any atom is 0.0942 e. The Balaban J connectivity index is 1.21. The van der Waals surface area contributed by atoms with E-state index in [9.17, 15) is 0 Å². The number of benzene rings is 10. The van der Waals surface area contributed by atoms with Gasteiger partial charge in [-0.05, 0) is 119 Å². The van der Waals surface area contributed by atoms with E-state index in [1.54, 1.807) is 0 Å². The summed E-state index contributed by atoms with van der Waals surface area (Å²) in [4.78, 5) is 22.6. The molecule has 0 saturated carbocycles. The number of aromatic nitrogens is 3. The first-order valence-electron chi connectivity index (χ1n) is 25.3. The molecule has 0 aliphatic heterocycles. The van der Waals surface area contributed by atoms with E-state index < -0.39 is 0 Å². The lowest BCUT2D eigenvalue weighted by Crippen LogP contribution is -2.17. The van der Waals surface area contributed by atoms with Crippen molar-refractivity contribution < 1.29 is 0 Å². The van der Waals surface area contributed by atoms with E-state index in [2.05, 4.69) is 247 Å². The molecule has 74 heavy (non-hydrogen) atoms. The van der Waals surface area contributed by atoms with Gasteiger partial charge in [-0.25, -0.2) is 0 Å². The van der Waals surface area contributed by atoms with Crippen molar-refractivity contribution in [3.05, 3.63) is 266 Å². The molecule has 3 aromatic heterocycles. The van der Waals surface area contributed by atoms with Crippen LogP contribution in [-0.4, -0.2) is 15.0 Å². The highest BCUT2D eigenvalue weighted by Crippen LogP contribution is 2.57. The van der Waals surface area contributed by atoms with Crippen LogP contribution in [0, 0.1) is 0 Å². The first-order chi connectivity index (χ1) is 36.5. The minimum atomic E-state index is -0.281. The zero-order valence-electron chi connectivity index (χ0n) is 40.9. The van der Waals surface area contributed by atoms with E-state index in [1.807, 2.05) is 36.8 Å². The van der Waals surface area contributed by atoms with Crippen molar-refractivity contribution >= 4 is 105 Å². The summed E-state index contributed by atoms with van der Waals surface area (Å²) < 4.78 is 0. The van der Waals surface area contributed by atoms with Crippen molar-refractivity contribution in [1.29, 1.82) is 0 Å². The standard InChI is InChI=1S/C68H48N6/c1-68(2)58-33-13-12-32-52(58)54-43-56-57(44-59(54)68)66(73(49-28-8-4-9-29-49)61-35-15-21-46-24-18-40-70-64(46)61)53-38-37-51(72(48-26-6-3-7-27-48)60-34-14-20-45-23-17-39-69-63(45)60)42-55(53)67(56)74(50-30-10-5-11-31-50)62-36-16-22-47-25-19-41-71-65(47)62/h3-44H,1-2H3. The Morgan fingerprint density at radius 2 is 0.716 bits per heavy atom. The number of nitrogens with zero attached hydrogens (tertiary/aromatic N) is 6. The average Bonchev–Trinajstić information content (AvgIpc) is 3.69. The first kappa shape index (κ1) is 43.2. The summed E-state index contributed by atoms with van der Waals surface area (Å²) in [5.41, 5.74) is 16.7. The van der Waals surface area contributed by atoms with Crippen molar-refractivity contribution in [1.82, 2.24) is 15.0 Å². The molecule has 1 aliphatic carbocycles. The highest BCUT2D eigenvalue weighted by molar-refractivity contribution is 6.26. The minimum Gasteiger partial charge on any atom is -0.308 e. The van der Waals surface area contributed by atoms with Gasteiger partial charge in [0, 0.05) is 84.5 Å². The van der Waals surface area contributed by atoms with Gasteiger partial charge >= 0.3 is 0 Å². The number of fused-ring (bicyclic) bond motifs is 8. The Labute approximate surface area is 429 Å². The Kier molecular flexibility index (Phi) is 10.1.